The van der Waals surface area contributed by atoms with E-state index in [4.69, 9.17) is 4.74 Å². The number of benzene rings is 1. The highest BCUT2D eigenvalue weighted by atomic mass is 16.6. The smallest absolute Gasteiger partial charge is 0.409 e. The van der Waals surface area contributed by atoms with Crippen LogP contribution in [0.4, 0.5) is 4.79 Å². The normalized spacial score (nSPS) is 20.0. The average molecular weight is 430 g/mol. The zero-order chi connectivity index (χ0) is 22.2. The van der Waals surface area contributed by atoms with Crippen molar-refractivity contribution in [3.05, 3.63) is 35.9 Å². The number of nitrogens with one attached hydrogen (secondary N) is 1. The van der Waals surface area contributed by atoms with Crippen molar-refractivity contribution < 1.29 is 14.3 Å². The van der Waals surface area contributed by atoms with Crippen molar-refractivity contribution in [2.24, 2.45) is 4.99 Å². The number of aliphatic imine (C=N–C) groups is 1. The van der Waals surface area contributed by atoms with E-state index in [2.05, 4.69) is 39.5 Å². The predicted molar refractivity (Wildman–Crippen MR) is 121 cm³/mol. The van der Waals surface area contributed by atoms with Gasteiger partial charge in [0.15, 0.2) is 5.96 Å². The summed E-state index contributed by atoms with van der Waals surface area (Å²) in [6.45, 7) is 5.45. The summed E-state index contributed by atoms with van der Waals surface area (Å²) < 4.78 is 5.11. The first-order valence-corrected chi connectivity index (χ1v) is 11.2. The fourth-order valence-corrected chi connectivity index (χ4v) is 4.07. The van der Waals surface area contributed by atoms with Gasteiger partial charge in [-0.1, -0.05) is 30.3 Å². The molecule has 8 nitrogen and oxygen atoms in total. The van der Waals surface area contributed by atoms with Crippen LogP contribution >= 0.6 is 0 Å². The third-order valence-corrected chi connectivity index (χ3v) is 5.98. The van der Waals surface area contributed by atoms with Crippen LogP contribution in [-0.2, 0) is 9.53 Å². The number of hydrogen-bond donors (Lipinski definition) is 1. The number of piperidine rings is 1. The van der Waals surface area contributed by atoms with E-state index in [9.17, 15) is 9.59 Å². The number of carbonyl (C=O) groups excluding carboxylic acids is 2. The molecule has 2 heterocycles. The molecule has 2 saturated heterocycles. The monoisotopic (exact) mass is 429 g/mol. The molecule has 170 valence electrons. The number of ether oxygens (including phenoxy) is 1. The van der Waals surface area contributed by atoms with Crippen LogP contribution in [0.5, 0.6) is 0 Å². The molecule has 2 amide bonds. The number of rotatable bonds is 5. The summed E-state index contributed by atoms with van der Waals surface area (Å²) in [5, 5.41) is 3.58. The third kappa shape index (κ3) is 6.35. The number of hydrogen-bond acceptors (Lipinski definition) is 4. The molecule has 0 aromatic heterocycles. The Kier molecular flexibility index (Phi) is 8.14. The van der Waals surface area contributed by atoms with Crippen LogP contribution in [0.3, 0.4) is 0 Å². The topological polar surface area (TPSA) is 77.5 Å². The first-order valence-electron chi connectivity index (χ1n) is 11.2. The Balaban J connectivity index is 1.63. The molecule has 2 aliphatic heterocycles. The molecule has 0 bridgehead atoms. The quantitative estimate of drug-likeness (QED) is 0.573. The second-order valence-electron chi connectivity index (χ2n) is 8.37. The molecule has 1 aromatic rings. The molecule has 2 aliphatic rings. The molecule has 0 spiro atoms. The molecule has 3 rings (SSSR count). The lowest BCUT2D eigenvalue weighted by Gasteiger charge is -2.34. The van der Waals surface area contributed by atoms with E-state index in [0.29, 0.717) is 25.6 Å². The Bertz CT molecular complexity index is 760. The first kappa shape index (κ1) is 22.9. The molecule has 2 fully saturated rings. The number of carbonyl (C=O) groups is 2. The Hall–Kier alpha value is -2.77. The Labute approximate surface area is 185 Å². The predicted octanol–water partition coefficient (Wildman–Crippen LogP) is 2.13. The van der Waals surface area contributed by atoms with E-state index >= 15 is 0 Å². The first-order chi connectivity index (χ1) is 15.0. The maximum absolute atomic E-state index is 12.1. The molecule has 31 heavy (non-hydrogen) atoms. The molecule has 1 N–H and O–H groups in total. The highest BCUT2D eigenvalue weighted by Crippen LogP contribution is 2.27. The number of nitrogens with zero attached hydrogens (tertiary/aromatic N) is 4. The highest BCUT2D eigenvalue weighted by Gasteiger charge is 2.29. The van der Waals surface area contributed by atoms with E-state index in [1.54, 1.807) is 23.9 Å². The van der Waals surface area contributed by atoms with Gasteiger partial charge in [0.05, 0.1) is 6.61 Å². The van der Waals surface area contributed by atoms with Crippen LogP contribution in [0, 0.1) is 0 Å². The van der Waals surface area contributed by atoms with E-state index in [-0.39, 0.29) is 24.6 Å². The standard InChI is InChI=1S/C23H35N5O3/c1-4-31-23(30)27-14-11-20(12-15-27)25-22(24-16-21(29)26(2)3)28-13-10-19(17-28)18-8-6-5-7-9-18/h5-9,19-20H,4,10-17H2,1-3H3,(H,24,25). The van der Waals surface area contributed by atoms with Crippen molar-refractivity contribution in [2.45, 2.75) is 38.1 Å². The Morgan fingerprint density at radius 3 is 2.42 bits per heavy atom. The minimum absolute atomic E-state index is 0.0183. The molecule has 0 aliphatic carbocycles. The van der Waals surface area contributed by atoms with Gasteiger partial charge in [-0.25, -0.2) is 9.79 Å². The van der Waals surface area contributed by atoms with Gasteiger partial charge in [-0.3, -0.25) is 4.79 Å². The van der Waals surface area contributed by atoms with Crippen molar-refractivity contribution >= 4 is 18.0 Å². The van der Waals surface area contributed by atoms with Crippen molar-refractivity contribution in [3.8, 4) is 0 Å². The largest absolute Gasteiger partial charge is 0.450 e. The summed E-state index contributed by atoms with van der Waals surface area (Å²) >= 11 is 0. The minimum Gasteiger partial charge on any atom is -0.450 e. The Morgan fingerprint density at radius 2 is 1.77 bits per heavy atom. The molecular formula is C23H35N5O3. The van der Waals surface area contributed by atoms with Gasteiger partial charge < -0.3 is 24.8 Å². The lowest BCUT2D eigenvalue weighted by atomic mass is 9.99. The van der Waals surface area contributed by atoms with Gasteiger partial charge in [0.25, 0.3) is 0 Å². The second kappa shape index (κ2) is 11.0. The van der Waals surface area contributed by atoms with Crippen molar-refractivity contribution in [1.82, 2.24) is 20.0 Å². The van der Waals surface area contributed by atoms with Crippen LogP contribution in [-0.4, -0.2) is 92.1 Å². The fourth-order valence-electron chi connectivity index (χ4n) is 4.07. The molecule has 1 atom stereocenters. The lowest BCUT2D eigenvalue weighted by molar-refractivity contribution is -0.127. The van der Waals surface area contributed by atoms with Gasteiger partial charge in [-0.05, 0) is 31.7 Å². The van der Waals surface area contributed by atoms with Crippen LogP contribution in [0.2, 0.25) is 0 Å². The summed E-state index contributed by atoms with van der Waals surface area (Å²) in [5.41, 5.74) is 1.34. The molecule has 1 aromatic carbocycles. The number of likely N-dealkylation sites (tertiary alicyclic amines) is 2. The number of likely N-dealkylation sites (N-methyl/N-ethyl adjacent to an activating group) is 1. The SMILES string of the molecule is CCOC(=O)N1CCC(NC(=NCC(=O)N(C)C)N2CCC(c3ccccc3)C2)CC1. The number of amides is 2. The molecule has 1 unspecified atom stereocenters. The van der Waals surface area contributed by atoms with Gasteiger partial charge in [0.1, 0.15) is 6.54 Å². The van der Waals surface area contributed by atoms with Gasteiger partial charge in [0, 0.05) is 52.2 Å². The minimum atomic E-state index is -0.239. The van der Waals surface area contributed by atoms with Crippen LogP contribution < -0.4 is 5.32 Å². The molecule has 0 saturated carbocycles. The molecular weight excluding hydrogens is 394 g/mol. The van der Waals surface area contributed by atoms with Crippen molar-refractivity contribution in [3.63, 3.8) is 0 Å². The molecule has 8 heteroatoms. The van der Waals surface area contributed by atoms with E-state index in [0.717, 1.165) is 38.3 Å². The zero-order valence-electron chi connectivity index (χ0n) is 18.9. The maximum atomic E-state index is 12.1. The summed E-state index contributed by atoms with van der Waals surface area (Å²) in [6.07, 6.45) is 2.48. The van der Waals surface area contributed by atoms with Gasteiger partial charge in [0.2, 0.25) is 5.91 Å². The maximum Gasteiger partial charge on any atom is 0.409 e. The highest BCUT2D eigenvalue weighted by molar-refractivity contribution is 5.85. The van der Waals surface area contributed by atoms with Crippen molar-refractivity contribution in [1.29, 1.82) is 0 Å². The summed E-state index contributed by atoms with van der Waals surface area (Å²) in [6, 6.07) is 10.8. The van der Waals surface area contributed by atoms with Crippen LogP contribution in [0.25, 0.3) is 0 Å². The van der Waals surface area contributed by atoms with E-state index in [1.165, 1.54) is 5.56 Å². The van der Waals surface area contributed by atoms with Gasteiger partial charge in [-0.15, -0.1) is 0 Å². The number of guanidine groups is 1. The zero-order valence-corrected chi connectivity index (χ0v) is 18.9. The van der Waals surface area contributed by atoms with Crippen molar-refractivity contribution in [2.75, 3.05) is 53.4 Å². The summed E-state index contributed by atoms with van der Waals surface area (Å²) in [7, 11) is 3.49. The van der Waals surface area contributed by atoms with Crippen LogP contribution in [0.1, 0.15) is 37.7 Å². The fraction of sp³-hybridized carbons (Fsp3) is 0.609. The Morgan fingerprint density at radius 1 is 1.10 bits per heavy atom. The second-order valence-corrected chi connectivity index (χ2v) is 8.37. The van der Waals surface area contributed by atoms with E-state index < -0.39 is 0 Å². The van der Waals surface area contributed by atoms with E-state index in [1.807, 2.05) is 13.0 Å². The van der Waals surface area contributed by atoms with Crippen LogP contribution in [0.15, 0.2) is 35.3 Å². The average Bonchev–Trinajstić information content (AvgIpc) is 3.27. The summed E-state index contributed by atoms with van der Waals surface area (Å²) in [4.78, 5) is 34.3. The third-order valence-electron chi connectivity index (χ3n) is 5.98. The van der Waals surface area contributed by atoms with Gasteiger partial charge in [-0.2, -0.15) is 0 Å². The lowest BCUT2D eigenvalue weighted by Crippen LogP contribution is -2.50. The molecule has 0 radical (unpaired) electrons. The van der Waals surface area contributed by atoms with Gasteiger partial charge >= 0.3 is 6.09 Å². The summed E-state index contributed by atoms with van der Waals surface area (Å²) in [5.74, 6) is 1.24.